The smallest absolute Gasteiger partial charge is 0.247 e. The van der Waals surface area contributed by atoms with E-state index in [-0.39, 0.29) is 24.2 Å². The van der Waals surface area contributed by atoms with Gasteiger partial charge in [-0.1, -0.05) is 29.8 Å². The first kappa shape index (κ1) is 19.1. The van der Waals surface area contributed by atoms with Gasteiger partial charge in [0.05, 0.1) is 4.34 Å². The fourth-order valence-corrected chi connectivity index (χ4v) is 3.76. The van der Waals surface area contributed by atoms with Crippen LogP contribution in [0.4, 0.5) is 0 Å². The molecular weight excluding hydrogens is 384 g/mol. The van der Waals surface area contributed by atoms with Gasteiger partial charge < -0.3 is 15.5 Å². The lowest BCUT2D eigenvalue weighted by Gasteiger charge is -2.34. The van der Waals surface area contributed by atoms with Crippen molar-refractivity contribution in [1.29, 1.82) is 5.41 Å². The lowest BCUT2D eigenvalue weighted by atomic mass is 10.1. The number of thiophene rings is 1. The molecule has 0 atom stereocenters. The molecular formula is C19H19ClN4O2S. The molecule has 0 spiro atoms. The third-order valence-electron chi connectivity index (χ3n) is 4.23. The molecule has 1 saturated heterocycles. The summed E-state index contributed by atoms with van der Waals surface area (Å²) in [5.74, 6) is -0.293. The molecule has 140 valence electrons. The van der Waals surface area contributed by atoms with Crippen LogP contribution in [0.3, 0.4) is 0 Å². The van der Waals surface area contributed by atoms with Gasteiger partial charge in [0.15, 0.2) is 0 Å². The molecule has 0 saturated carbocycles. The molecule has 6 nitrogen and oxygen atoms in total. The summed E-state index contributed by atoms with van der Waals surface area (Å²) < 4.78 is 0.666. The Morgan fingerprint density at radius 2 is 2.11 bits per heavy atom. The van der Waals surface area contributed by atoms with Crippen molar-refractivity contribution < 1.29 is 9.59 Å². The van der Waals surface area contributed by atoms with Crippen molar-refractivity contribution in [1.82, 2.24) is 9.80 Å². The maximum Gasteiger partial charge on any atom is 0.247 e. The van der Waals surface area contributed by atoms with Crippen molar-refractivity contribution in [2.75, 3.05) is 19.6 Å². The molecule has 0 radical (unpaired) electrons. The van der Waals surface area contributed by atoms with E-state index in [9.17, 15) is 9.59 Å². The molecule has 1 aliphatic heterocycles. The average molecular weight is 403 g/mol. The Hall–Kier alpha value is -2.64. The van der Waals surface area contributed by atoms with Gasteiger partial charge in [-0.25, -0.2) is 0 Å². The van der Waals surface area contributed by atoms with Crippen molar-refractivity contribution in [3.63, 3.8) is 0 Å². The van der Waals surface area contributed by atoms with Crippen LogP contribution in [0.15, 0.2) is 42.5 Å². The number of nitrogen functional groups attached to an aromatic ring is 1. The van der Waals surface area contributed by atoms with Crippen molar-refractivity contribution in [2.24, 2.45) is 5.73 Å². The zero-order valence-electron chi connectivity index (χ0n) is 14.5. The minimum Gasteiger partial charge on any atom is -0.384 e. The largest absolute Gasteiger partial charge is 0.384 e. The van der Waals surface area contributed by atoms with Crippen LogP contribution in [0.1, 0.15) is 16.0 Å². The number of nitrogens with one attached hydrogen (secondary N) is 1. The van der Waals surface area contributed by atoms with Gasteiger partial charge in [0.1, 0.15) is 12.4 Å². The fraction of sp³-hybridized carbons (Fsp3) is 0.211. The summed E-state index contributed by atoms with van der Waals surface area (Å²) in [7, 11) is 0. The topological polar surface area (TPSA) is 90.5 Å². The van der Waals surface area contributed by atoms with E-state index in [2.05, 4.69) is 0 Å². The van der Waals surface area contributed by atoms with E-state index in [4.69, 9.17) is 22.7 Å². The summed E-state index contributed by atoms with van der Waals surface area (Å²) in [5.41, 5.74) is 7.05. The first-order valence-electron chi connectivity index (χ1n) is 8.36. The number of amidine groups is 1. The molecule has 1 aromatic heterocycles. The van der Waals surface area contributed by atoms with Gasteiger partial charge in [0.25, 0.3) is 0 Å². The first-order valence-corrected chi connectivity index (χ1v) is 9.55. The quantitative estimate of drug-likeness (QED) is 0.457. The van der Waals surface area contributed by atoms with Gasteiger partial charge in [0, 0.05) is 36.2 Å². The Morgan fingerprint density at radius 1 is 1.30 bits per heavy atom. The van der Waals surface area contributed by atoms with Crippen LogP contribution < -0.4 is 5.73 Å². The lowest BCUT2D eigenvalue weighted by molar-refractivity contribution is -0.143. The van der Waals surface area contributed by atoms with Crippen LogP contribution in [-0.2, 0) is 16.1 Å². The molecule has 3 rings (SSSR count). The van der Waals surface area contributed by atoms with Crippen LogP contribution in [0.5, 0.6) is 0 Å². The molecule has 3 N–H and O–H groups in total. The van der Waals surface area contributed by atoms with E-state index in [0.717, 1.165) is 10.4 Å². The number of amides is 2. The predicted molar refractivity (Wildman–Crippen MR) is 108 cm³/mol. The Labute approximate surface area is 166 Å². The second-order valence-electron chi connectivity index (χ2n) is 6.16. The van der Waals surface area contributed by atoms with Crippen molar-refractivity contribution >= 4 is 46.7 Å². The van der Waals surface area contributed by atoms with Crippen molar-refractivity contribution in [2.45, 2.75) is 6.54 Å². The number of piperazine rings is 1. The molecule has 1 fully saturated rings. The van der Waals surface area contributed by atoms with E-state index < -0.39 is 0 Å². The number of hydrogen-bond donors (Lipinski definition) is 2. The van der Waals surface area contributed by atoms with Gasteiger partial charge in [-0.15, -0.1) is 11.3 Å². The zero-order valence-corrected chi connectivity index (χ0v) is 16.1. The summed E-state index contributed by atoms with van der Waals surface area (Å²) >= 11 is 7.26. The first-order chi connectivity index (χ1) is 12.9. The van der Waals surface area contributed by atoms with E-state index in [1.165, 1.54) is 22.3 Å². The second kappa shape index (κ2) is 8.37. The third kappa shape index (κ3) is 4.96. The van der Waals surface area contributed by atoms with Gasteiger partial charge >= 0.3 is 0 Å². The minimum absolute atomic E-state index is 0.00240. The molecule has 0 aliphatic carbocycles. The summed E-state index contributed by atoms with van der Waals surface area (Å²) in [6, 6.07) is 10.9. The average Bonchev–Trinajstić information content (AvgIpc) is 3.07. The highest BCUT2D eigenvalue weighted by Crippen LogP contribution is 2.22. The van der Waals surface area contributed by atoms with Crippen LogP contribution in [0.25, 0.3) is 6.08 Å². The normalized spacial score (nSPS) is 14.8. The third-order valence-corrected chi connectivity index (χ3v) is 5.42. The molecule has 0 bridgehead atoms. The van der Waals surface area contributed by atoms with Crippen LogP contribution >= 0.6 is 22.9 Å². The fourth-order valence-electron chi connectivity index (χ4n) is 2.80. The zero-order chi connectivity index (χ0) is 19.4. The molecule has 1 aliphatic rings. The summed E-state index contributed by atoms with van der Waals surface area (Å²) in [5, 5.41) is 7.51. The molecule has 27 heavy (non-hydrogen) atoms. The molecule has 2 amide bonds. The van der Waals surface area contributed by atoms with Crippen molar-refractivity contribution in [3.05, 3.63) is 62.8 Å². The second-order valence-corrected chi connectivity index (χ2v) is 7.91. The number of nitrogens with two attached hydrogens (primary N) is 1. The number of hydrogen-bond acceptors (Lipinski definition) is 4. The Kier molecular flexibility index (Phi) is 5.93. The van der Waals surface area contributed by atoms with Gasteiger partial charge in [0.2, 0.25) is 11.8 Å². The van der Waals surface area contributed by atoms with Gasteiger partial charge in [-0.05, 0) is 29.8 Å². The SMILES string of the molecule is N=C(N)c1cccc(CN2CCN(C(=O)/C=C/c3ccc(Cl)s3)CC2=O)c1. The number of rotatable bonds is 5. The highest BCUT2D eigenvalue weighted by Gasteiger charge is 2.26. The maximum atomic E-state index is 12.4. The number of nitrogens with zero attached hydrogens (tertiary/aromatic N) is 2. The molecule has 2 heterocycles. The number of carbonyl (C=O) groups is 2. The van der Waals surface area contributed by atoms with Gasteiger partial charge in [-0.3, -0.25) is 15.0 Å². The highest BCUT2D eigenvalue weighted by atomic mass is 35.5. The summed E-state index contributed by atoms with van der Waals surface area (Å²) in [4.78, 5) is 28.9. The van der Waals surface area contributed by atoms with Gasteiger partial charge in [-0.2, -0.15) is 0 Å². The van der Waals surface area contributed by atoms with E-state index in [0.29, 0.717) is 29.5 Å². The Balaban J connectivity index is 1.58. The lowest BCUT2D eigenvalue weighted by Crippen LogP contribution is -2.51. The van der Waals surface area contributed by atoms with E-state index in [1.54, 1.807) is 23.1 Å². The minimum atomic E-state index is -0.189. The molecule has 2 aromatic rings. The monoisotopic (exact) mass is 402 g/mol. The highest BCUT2D eigenvalue weighted by molar-refractivity contribution is 7.17. The maximum absolute atomic E-state index is 12.4. The molecule has 1 aromatic carbocycles. The molecule has 0 unspecified atom stereocenters. The van der Waals surface area contributed by atoms with E-state index >= 15 is 0 Å². The van der Waals surface area contributed by atoms with Crippen LogP contribution in [-0.4, -0.2) is 47.1 Å². The van der Waals surface area contributed by atoms with Crippen LogP contribution in [0, 0.1) is 5.41 Å². The number of carbonyl (C=O) groups excluding carboxylic acids is 2. The van der Waals surface area contributed by atoms with E-state index in [1.807, 2.05) is 24.3 Å². The standard InChI is InChI=1S/C19H19ClN4O2S/c20-16-6-4-15(27-16)5-7-17(25)24-9-8-23(18(26)12-24)11-13-2-1-3-14(10-13)19(21)22/h1-7,10H,8-9,11-12H2,(H3,21,22)/b7-5+. The summed E-state index contributed by atoms with van der Waals surface area (Å²) in [6.45, 7) is 1.44. The number of halogens is 1. The predicted octanol–water partition coefficient (Wildman–Crippen LogP) is 2.57. The molecule has 8 heteroatoms. The van der Waals surface area contributed by atoms with Crippen LogP contribution in [0.2, 0.25) is 4.34 Å². The Morgan fingerprint density at radius 3 is 2.78 bits per heavy atom. The summed E-state index contributed by atoms with van der Waals surface area (Å²) in [6.07, 6.45) is 3.18. The van der Waals surface area contributed by atoms with Crippen molar-refractivity contribution in [3.8, 4) is 0 Å². The number of benzene rings is 1. The Bertz CT molecular complexity index is 909.